The molecule has 0 atom stereocenters. The van der Waals surface area contributed by atoms with E-state index < -0.39 is 0 Å². The van der Waals surface area contributed by atoms with Crippen LogP contribution in [0.25, 0.3) is 0 Å². The molecule has 2 aromatic rings. The van der Waals surface area contributed by atoms with Gasteiger partial charge < -0.3 is 10.6 Å². The molecule has 0 saturated heterocycles. The van der Waals surface area contributed by atoms with Crippen LogP contribution in [0.3, 0.4) is 0 Å². The summed E-state index contributed by atoms with van der Waals surface area (Å²) in [5, 5.41) is 7.04. The molecule has 0 aromatic heterocycles. The summed E-state index contributed by atoms with van der Waals surface area (Å²) in [6.07, 6.45) is 0. The van der Waals surface area contributed by atoms with E-state index in [2.05, 4.69) is 10.6 Å². The van der Waals surface area contributed by atoms with Crippen molar-refractivity contribution in [3.63, 3.8) is 0 Å². The fourth-order valence-corrected chi connectivity index (χ4v) is 2.11. The van der Waals surface area contributed by atoms with Gasteiger partial charge in [-0.05, 0) is 55.9 Å². The van der Waals surface area contributed by atoms with E-state index in [4.69, 9.17) is 23.8 Å². The number of anilines is 2. The number of nitrogens with one attached hydrogen (secondary N) is 2. The molecule has 0 heterocycles. The maximum absolute atomic E-state index is 13.4. The topological polar surface area (TPSA) is 24.1 Å². The molecule has 5 heteroatoms. The Bertz CT molecular complexity index is 658. The first-order valence-corrected chi connectivity index (χ1v) is 6.85. The predicted molar refractivity (Wildman–Crippen MR) is 87.2 cm³/mol. The van der Waals surface area contributed by atoms with Gasteiger partial charge >= 0.3 is 0 Å². The van der Waals surface area contributed by atoms with Gasteiger partial charge in [0, 0.05) is 22.0 Å². The van der Waals surface area contributed by atoms with Crippen LogP contribution in [0.15, 0.2) is 36.4 Å². The largest absolute Gasteiger partial charge is 0.332 e. The molecule has 2 rings (SSSR count). The number of hydrogen-bond acceptors (Lipinski definition) is 1. The summed E-state index contributed by atoms with van der Waals surface area (Å²) in [5.41, 5.74) is 2.95. The van der Waals surface area contributed by atoms with Gasteiger partial charge in [-0.25, -0.2) is 4.39 Å². The van der Waals surface area contributed by atoms with Crippen molar-refractivity contribution in [3.05, 3.63) is 58.4 Å². The second-order valence-corrected chi connectivity index (χ2v) is 5.27. The summed E-state index contributed by atoms with van der Waals surface area (Å²) in [6.45, 7) is 3.63. The zero-order chi connectivity index (χ0) is 14.7. The van der Waals surface area contributed by atoms with Crippen LogP contribution in [0.4, 0.5) is 15.8 Å². The molecule has 0 amide bonds. The zero-order valence-electron chi connectivity index (χ0n) is 11.1. The summed E-state index contributed by atoms with van der Waals surface area (Å²) >= 11 is 11.3. The molecule has 20 heavy (non-hydrogen) atoms. The van der Waals surface area contributed by atoms with Gasteiger partial charge in [0.25, 0.3) is 0 Å². The predicted octanol–water partition coefficient (Wildman–Crippen LogP) is 4.90. The first kappa shape index (κ1) is 14.8. The molecule has 0 unspecified atom stereocenters. The van der Waals surface area contributed by atoms with E-state index in [9.17, 15) is 4.39 Å². The smallest absolute Gasteiger partial charge is 0.175 e. The molecule has 0 aliphatic carbocycles. The van der Waals surface area contributed by atoms with Crippen LogP contribution in [0.2, 0.25) is 5.02 Å². The van der Waals surface area contributed by atoms with Crippen molar-refractivity contribution in [2.24, 2.45) is 0 Å². The summed E-state index contributed by atoms with van der Waals surface area (Å²) in [6, 6.07) is 10.4. The lowest BCUT2D eigenvalue weighted by atomic mass is 10.2. The molecular weight excluding hydrogens is 295 g/mol. The van der Waals surface area contributed by atoms with Crippen molar-refractivity contribution in [3.8, 4) is 0 Å². The van der Waals surface area contributed by atoms with Crippen LogP contribution in [0, 0.1) is 19.7 Å². The zero-order valence-corrected chi connectivity index (χ0v) is 12.7. The van der Waals surface area contributed by atoms with Crippen LogP contribution < -0.4 is 10.6 Å². The third kappa shape index (κ3) is 3.46. The second kappa shape index (κ2) is 6.20. The molecule has 2 aromatic carbocycles. The fourth-order valence-electron chi connectivity index (χ4n) is 1.70. The Kier molecular flexibility index (Phi) is 4.57. The second-order valence-electron chi connectivity index (χ2n) is 4.46. The monoisotopic (exact) mass is 308 g/mol. The molecule has 104 valence electrons. The van der Waals surface area contributed by atoms with Gasteiger partial charge in [-0.2, -0.15) is 0 Å². The number of benzene rings is 2. The van der Waals surface area contributed by atoms with E-state index in [1.54, 1.807) is 25.1 Å². The van der Waals surface area contributed by atoms with Crippen LogP contribution in [-0.2, 0) is 0 Å². The van der Waals surface area contributed by atoms with Gasteiger partial charge in [0.2, 0.25) is 0 Å². The van der Waals surface area contributed by atoms with E-state index in [1.165, 1.54) is 6.07 Å². The minimum Gasteiger partial charge on any atom is -0.332 e. The third-order valence-electron chi connectivity index (χ3n) is 2.95. The molecule has 0 aliphatic rings. The number of halogens is 2. The van der Waals surface area contributed by atoms with E-state index in [1.807, 2.05) is 19.1 Å². The standard InChI is InChI=1S/C15H14ClFN2S/c1-9-6-7-11(8-12(9)16)18-15(20)19-14-5-3-4-13(17)10(14)2/h3-8H,1-2H3,(H2,18,19,20). The first-order valence-electron chi connectivity index (χ1n) is 6.06. The molecule has 0 spiro atoms. The lowest BCUT2D eigenvalue weighted by Crippen LogP contribution is -2.19. The SMILES string of the molecule is Cc1ccc(NC(=S)Nc2cccc(F)c2C)cc1Cl. The molecular formula is C15H14ClFN2S. The van der Waals surface area contributed by atoms with E-state index in [0.717, 1.165) is 11.3 Å². The lowest BCUT2D eigenvalue weighted by molar-refractivity contribution is 0.619. The van der Waals surface area contributed by atoms with Crippen molar-refractivity contribution < 1.29 is 4.39 Å². The highest BCUT2D eigenvalue weighted by molar-refractivity contribution is 7.80. The lowest BCUT2D eigenvalue weighted by Gasteiger charge is -2.13. The van der Waals surface area contributed by atoms with Crippen molar-refractivity contribution >= 4 is 40.3 Å². The number of hydrogen-bond donors (Lipinski definition) is 2. The van der Waals surface area contributed by atoms with Gasteiger partial charge in [-0.15, -0.1) is 0 Å². The van der Waals surface area contributed by atoms with Crippen molar-refractivity contribution in [2.75, 3.05) is 10.6 Å². The van der Waals surface area contributed by atoms with Crippen LogP contribution in [-0.4, -0.2) is 5.11 Å². The quantitative estimate of drug-likeness (QED) is 0.771. The Morgan fingerprint density at radius 2 is 1.90 bits per heavy atom. The summed E-state index contributed by atoms with van der Waals surface area (Å²) in [7, 11) is 0. The van der Waals surface area contributed by atoms with Crippen molar-refractivity contribution in [2.45, 2.75) is 13.8 Å². The summed E-state index contributed by atoms with van der Waals surface area (Å²) in [4.78, 5) is 0. The molecule has 0 saturated carbocycles. The van der Waals surface area contributed by atoms with Crippen molar-refractivity contribution in [1.82, 2.24) is 0 Å². The third-order valence-corrected chi connectivity index (χ3v) is 3.56. The molecule has 0 fully saturated rings. The van der Waals surface area contributed by atoms with Gasteiger partial charge in [-0.1, -0.05) is 23.7 Å². The average Bonchev–Trinajstić information content (AvgIpc) is 2.39. The Morgan fingerprint density at radius 3 is 2.60 bits per heavy atom. The highest BCUT2D eigenvalue weighted by Gasteiger charge is 2.06. The van der Waals surface area contributed by atoms with Crippen LogP contribution in [0.1, 0.15) is 11.1 Å². The molecule has 2 nitrogen and oxygen atoms in total. The van der Waals surface area contributed by atoms with Crippen LogP contribution >= 0.6 is 23.8 Å². The summed E-state index contributed by atoms with van der Waals surface area (Å²) in [5.74, 6) is -0.267. The number of rotatable bonds is 2. The Morgan fingerprint density at radius 1 is 1.15 bits per heavy atom. The first-order chi connectivity index (χ1) is 9.47. The maximum atomic E-state index is 13.4. The average molecular weight is 309 g/mol. The van der Waals surface area contributed by atoms with Gasteiger partial charge in [0.15, 0.2) is 5.11 Å². The van der Waals surface area contributed by atoms with Gasteiger partial charge in [-0.3, -0.25) is 0 Å². The minimum absolute atomic E-state index is 0.267. The minimum atomic E-state index is -0.267. The molecule has 2 N–H and O–H groups in total. The Balaban J connectivity index is 2.09. The Hall–Kier alpha value is -1.65. The number of aryl methyl sites for hydroxylation is 1. The summed E-state index contributed by atoms with van der Waals surface area (Å²) < 4.78 is 13.4. The van der Waals surface area contributed by atoms with Crippen LogP contribution in [0.5, 0.6) is 0 Å². The normalized spacial score (nSPS) is 10.2. The van der Waals surface area contributed by atoms with E-state index in [0.29, 0.717) is 21.4 Å². The van der Waals surface area contributed by atoms with Gasteiger partial charge in [0.1, 0.15) is 5.82 Å². The van der Waals surface area contributed by atoms with E-state index in [-0.39, 0.29) is 5.82 Å². The fraction of sp³-hybridized carbons (Fsp3) is 0.133. The Labute approximate surface area is 128 Å². The molecule has 0 bridgehead atoms. The van der Waals surface area contributed by atoms with Gasteiger partial charge in [0.05, 0.1) is 0 Å². The highest BCUT2D eigenvalue weighted by Crippen LogP contribution is 2.21. The maximum Gasteiger partial charge on any atom is 0.175 e. The number of thiocarbonyl (C=S) groups is 1. The van der Waals surface area contributed by atoms with Crippen molar-refractivity contribution in [1.29, 1.82) is 0 Å². The molecule has 0 aliphatic heterocycles. The highest BCUT2D eigenvalue weighted by atomic mass is 35.5. The molecule has 0 radical (unpaired) electrons. The van der Waals surface area contributed by atoms with E-state index >= 15 is 0 Å².